The number of benzene rings is 2. The molecule has 6 nitrogen and oxygen atoms in total. The highest BCUT2D eigenvalue weighted by Crippen LogP contribution is 2.33. The lowest BCUT2D eigenvalue weighted by Gasteiger charge is -2.20. The maximum absolute atomic E-state index is 12.3. The van der Waals surface area contributed by atoms with Gasteiger partial charge in [0.25, 0.3) is 0 Å². The highest BCUT2D eigenvalue weighted by molar-refractivity contribution is 7.21. The minimum atomic E-state index is -0.513. The first-order chi connectivity index (χ1) is 15.9. The maximum atomic E-state index is 12.3. The molecule has 4 aliphatic rings. The molecule has 0 atom stereocenters. The van der Waals surface area contributed by atoms with Gasteiger partial charge in [-0.2, -0.15) is 0 Å². The normalized spacial score (nSPS) is 16.7. The van der Waals surface area contributed by atoms with Gasteiger partial charge in [-0.1, -0.05) is 0 Å². The van der Waals surface area contributed by atoms with E-state index in [0.29, 0.717) is 6.54 Å². The quantitative estimate of drug-likeness (QED) is 0.454. The van der Waals surface area contributed by atoms with Crippen LogP contribution in [0, 0.1) is 0 Å². The van der Waals surface area contributed by atoms with Crippen LogP contribution in [0.3, 0.4) is 0 Å². The van der Waals surface area contributed by atoms with Crippen molar-refractivity contribution in [2.75, 3.05) is 31.1 Å². The van der Waals surface area contributed by atoms with Crippen LogP contribution < -0.4 is 20.1 Å². The lowest BCUT2D eigenvalue weighted by molar-refractivity contribution is 0.0523. The predicted molar refractivity (Wildman–Crippen MR) is 135 cm³/mol. The first-order valence-corrected chi connectivity index (χ1v) is 12.8. The number of ether oxygens (including phenoxy) is 1. The van der Waals surface area contributed by atoms with Crippen molar-refractivity contribution in [1.29, 1.82) is 0 Å². The van der Waals surface area contributed by atoms with Crippen molar-refractivity contribution in [2.45, 2.75) is 58.6 Å². The molecule has 1 N–H and O–H groups in total. The fraction of sp³-hybridized carbons (Fsp3) is 0.500. The van der Waals surface area contributed by atoms with Crippen molar-refractivity contribution in [1.82, 2.24) is 14.9 Å². The van der Waals surface area contributed by atoms with E-state index in [9.17, 15) is 4.79 Å². The molecule has 174 valence electrons. The fourth-order valence-electron chi connectivity index (χ4n) is 4.74. The summed E-state index contributed by atoms with van der Waals surface area (Å²) in [5.74, 6) is 0. The molecule has 1 aromatic carbocycles. The Labute approximate surface area is 199 Å². The molecule has 33 heavy (non-hydrogen) atoms. The first kappa shape index (κ1) is 22.1. The third-order valence-electron chi connectivity index (χ3n) is 6.30. The lowest BCUT2D eigenvalue weighted by Crippen LogP contribution is -2.36. The Morgan fingerprint density at radius 1 is 1.12 bits per heavy atom. The van der Waals surface area contributed by atoms with E-state index < -0.39 is 11.7 Å². The highest BCUT2D eigenvalue weighted by atomic mass is 32.1. The van der Waals surface area contributed by atoms with Gasteiger partial charge >= 0.3 is 6.09 Å². The van der Waals surface area contributed by atoms with E-state index in [-0.39, 0.29) is 0 Å². The van der Waals surface area contributed by atoms with Gasteiger partial charge in [0.05, 0.1) is 27.3 Å². The Kier molecular flexibility index (Phi) is 5.99. The average molecular weight is 466 g/mol. The smallest absolute Gasteiger partial charge is 0.407 e. The number of anilines is 1. The van der Waals surface area contributed by atoms with Gasteiger partial charge in [-0.25, -0.2) is 14.4 Å². The summed E-state index contributed by atoms with van der Waals surface area (Å²) >= 11 is 1.81. The largest absolute Gasteiger partial charge is 0.444 e. The summed E-state index contributed by atoms with van der Waals surface area (Å²) in [6, 6.07) is 11.1. The molecule has 1 aliphatic carbocycles. The van der Waals surface area contributed by atoms with E-state index in [2.05, 4.69) is 45.1 Å². The number of fused-ring (bicyclic) bond motifs is 2. The molecular weight excluding hydrogens is 432 g/mol. The van der Waals surface area contributed by atoms with Gasteiger partial charge in [0.15, 0.2) is 0 Å². The number of carbonyl (C=O) groups excluding carboxylic acids is 1. The van der Waals surface area contributed by atoms with Crippen LogP contribution in [0.1, 0.15) is 52.0 Å². The standard InChI is InChI=1S/C26H32N4O2S/c1-26(2,3)32-25(31)27-17-18-14-21-24(16-22(18)30-12-6-7-13-30)33-23-15-19(8-9-20(23)28-21)29-10-4-5-11-29/h8-9,14-16H,4-7,10-13,17H2,1-3H3/p+1. The number of hydrogen-bond acceptors (Lipinski definition) is 5. The van der Waals surface area contributed by atoms with Gasteiger partial charge in [0.2, 0.25) is 5.36 Å². The molecule has 0 bridgehead atoms. The number of aromatic nitrogens is 1. The molecule has 2 fully saturated rings. The van der Waals surface area contributed by atoms with Crippen LogP contribution in [0.2, 0.25) is 0 Å². The van der Waals surface area contributed by atoms with Crippen molar-refractivity contribution in [2.24, 2.45) is 0 Å². The number of amides is 1. The zero-order valence-corrected chi connectivity index (χ0v) is 20.6. The Balaban J connectivity index is 1.54. The van der Waals surface area contributed by atoms with Gasteiger partial charge in [0.1, 0.15) is 18.7 Å². The van der Waals surface area contributed by atoms with Crippen molar-refractivity contribution in [3.8, 4) is 10.6 Å². The van der Waals surface area contributed by atoms with Gasteiger partial charge in [-0.05, 0) is 57.9 Å². The van der Waals surface area contributed by atoms with E-state index in [0.717, 1.165) is 43.0 Å². The van der Waals surface area contributed by atoms with Crippen LogP contribution in [-0.4, -0.2) is 42.9 Å². The van der Waals surface area contributed by atoms with E-state index in [1.54, 1.807) is 0 Å². The summed E-state index contributed by atoms with van der Waals surface area (Å²) < 4.78 is 9.10. The summed E-state index contributed by atoms with van der Waals surface area (Å²) in [5, 5.41) is 4.14. The maximum Gasteiger partial charge on any atom is 0.407 e. The first-order valence-electron chi connectivity index (χ1n) is 12.0. The number of nitrogens with one attached hydrogen (secondary N) is 1. The lowest BCUT2D eigenvalue weighted by atomic mass is 10.1. The number of hydrogen-bond donors (Lipinski definition) is 1. The molecule has 1 amide bonds. The summed E-state index contributed by atoms with van der Waals surface area (Å²) in [5.41, 5.74) is 3.88. The van der Waals surface area contributed by atoms with Crippen molar-refractivity contribution < 1.29 is 9.53 Å². The SMILES string of the molecule is CC(C)(C)OC(=O)NCc1cc2nc3ccc(N4CCCC4)cc3sc-2cc1=[N+]1CCCC1. The molecule has 0 saturated carbocycles. The zero-order chi connectivity index (χ0) is 23.0. The molecule has 2 saturated heterocycles. The number of nitrogens with zero attached hydrogens (tertiary/aromatic N) is 3. The Morgan fingerprint density at radius 2 is 1.88 bits per heavy atom. The molecular formula is C26H33N4O2S+. The zero-order valence-electron chi connectivity index (χ0n) is 19.8. The summed E-state index contributed by atoms with van der Waals surface area (Å²) in [6.07, 6.45) is 4.57. The van der Waals surface area contributed by atoms with Gasteiger partial charge < -0.3 is 15.0 Å². The highest BCUT2D eigenvalue weighted by Gasteiger charge is 2.22. The Morgan fingerprint density at radius 3 is 2.61 bits per heavy atom. The van der Waals surface area contributed by atoms with Crippen molar-refractivity contribution in [3.05, 3.63) is 41.3 Å². The van der Waals surface area contributed by atoms with Gasteiger partial charge in [-0.15, -0.1) is 11.3 Å². The van der Waals surface area contributed by atoms with Crippen molar-refractivity contribution >= 4 is 33.3 Å². The van der Waals surface area contributed by atoms with Gasteiger partial charge in [0, 0.05) is 43.2 Å². The van der Waals surface area contributed by atoms with Crippen LogP contribution in [0.4, 0.5) is 10.5 Å². The molecule has 5 rings (SSSR count). The monoisotopic (exact) mass is 465 g/mol. The van der Waals surface area contributed by atoms with Crippen LogP contribution in [0.5, 0.6) is 0 Å². The van der Waals surface area contributed by atoms with E-state index in [1.165, 1.54) is 46.3 Å². The van der Waals surface area contributed by atoms with Crippen LogP contribution in [-0.2, 0) is 11.3 Å². The minimum Gasteiger partial charge on any atom is -0.444 e. The third-order valence-corrected chi connectivity index (χ3v) is 7.40. The molecule has 1 aromatic rings. The summed E-state index contributed by atoms with van der Waals surface area (Å²) in [4.78, 5) is 20.9. The van der Waals surface area contributed by atoms with E-state index >= 15 is 0 Å². The second-order valence-corrected chi connectivity index (χ2v) is 11.1. The number of carbonyl (C=O) groups is 1. The molecule has 0 spiro atoms. The predicted octanol–water partition coefficient (Wildman–Crippen LogP) is 4.59. The number of rotatable bonds is 3. The van der Waals surface area contributed by atoms with E-state index in [4.69, 9.17) is 9.72 Å². The molecule has 0 aromatic heterocycles. The molecule has 3 heterocycles. The summed E-state index contributed by atoms with van der Waals surface area (Å²) in [7, 11) is 0. The van der Waals surface area contributed by atoms with Crippen LogP contribution >= 0.6 is 11.3 Å². The second-order valence-electron chi connectivity index (χ2n) is 10.1. The summed E-state index contributed by atoms with van der Waals surface area (Å²) in [6.45, 7) is 10.5. The fourth-order valence-corrected chi connectivity index (χ4v) is 5.76. The molecule has 7 heteroatoms. The van der Waals surface area contributed by atoms with Crippen LogP contribution in [0.15, 0.2) is 30.3 Å². The Bertz CT molecular complexity index is 1210. The topological polar surface area (TPSA) is 57.5 Å². The molecule has 0 unspecified atom stereocenters. The molecule has 0 radical (unpaired) electrons. The average Bonchev–Trinajstić information content (AvgIpc) is 3.48. The second kappa shape index (κ2) is 8.93. The minimum absolute atomic E-state index is 0.390. The van der Waals surface area contributed by atoms with Crippen LogP contribution in [0.25, 0.3) is 20.8 Å². The molecule has 3 aliphatic heterocycles. The van der Waals surface area contributed by atoms with Gasteiger partial charge in [-0.3, -0.25) is 0 Å². The van der Waals surface area contributed by atoms with Crippen molar-refractivity contribution in [3.63, 3.8) is 0 Å². The number of alkyl carbamates (subject to hydrolysis) is 1. The Hall–Kier alpha value is -2.67. The third kappa shape index (κ3) is 4.98. The van der Waals surface area contributed by atoms with E-state index in [1.807, 2.05) is 32.1 Å².